The Morgan fingerprint density at radius 3 is 2.79 bits per heavy atom. The van der Waals surface area contributed by atoms with E-state index in [0.717, 1.165) is 22.7 Å². The van der Waals surface area contributed by atoms with E-state index in [1.807, 2.05) is 47.8 Å². The number of ether oxygens (including phenoxy) is 1. The zero-order chi connectivity index (χ0) is 16.8. The van der Waals surface area contributed by atoms with Crippen molar-refractivity contribution < 1.29 is 9.53 Å². The topological polar surface area (TPSA) is 64.1 Å². The van der Waals surface area contributed by atoms with Crippen molar-refractivity contribution in [1.29, 1.82) is 0 Å². The molecule has 1 amide bonds. The van der Waals surface area contributed by atoms with Crippen LogP contribution in [0.2, 0.25) is 0 Å². The van der Waals surface area contributed by atoms with Gasteiger partial charge in [0.1, 0.15) is 11.4 Å². The fourth-order valence-electron chi connectivity index (χ4n) is 2.30. The number of hydrogen-bond donors (Lipinski definition) is 1. The molecule has 0 unspecified atom stereocenters. The van der Waals surface area contributed by atoms with Gasteiger partial charge in [-0.1, -0.05) is 24.3 Å². The van der Waals surface area contributed by atoms with Crippen molar-refractivity contribution in [2.75, 3.05) is 12.4 Å². The number of para-hydroxylation sites is 1. The number of nitrogens with zero attached hydrogens (tertiary/aromatic N) is 2. The van der Waals surface area contributed by atoms with E-state index in [0.29, 0.717) is 18.0 Å². The van der Waals surface area contributed by atoms with E-state index in [-0.39, 0.29) is 5.91 Å². The number of aromatic nitrogens is 2. The molecule has 24 heavy (non-hydrogen) atoms. The van der Waals surface area contributed by atoms with Crippen molar-refractivity contribution in [3.63, 3.8) is 0 Å². The van der Waals surface area contributed by atoms with Gasteiger partial charge in [0.2, 0.25) is 5.91 Å². The Hall–Kier alpha value is -2.73. The van der Waals surface area contributed by atoms with E-state index in [1.54, 1.807) is 13.3 Å². The molecule has 0 radical (unpaired) electrons. The summed E-state index contributed by atoms with van der Waals surface area (Å²) in [6.07, 6.45) is 2.72. The third kappa shape index (κ3) is 3.97. The summed E-state index contributed by atoms with van der Waals surface area (Å²) in [5.41, 5.74) is 2.58. The van der Waals surface area contributed by atoms with Gasteiger partial charge in [-0.25, -0.2) is 4.98 Å². The Kier molecular flexibility index (Phi) is 5.18. The van der Waals surface area contributed by atoms with Crippen LogP contribution in [0.3, 0.4) is 0 Å². The standard InChI is InChI=1S/C18H17N3O2S/c1-23-16-8-3-2-6-13(16)9-10-17(22)21-18-20-15(12-24-18)14-7-4-5-11-19-14/h2-8,11-12H,9-10H2,1H3,(H,20,21,22). The lowest BCUT2D eigenvalue weighted by atomic mass is 10.1. The molecule has 122 valence electrons. The SMILES string of the molecule is COc1ccccc1CCC(=O)Nc1nc(-c2ccccn2)cs1. The molecule has 0 bridgehead atoms. The molecule has 3 rings (SSSR count). The summed E-state index contributed by atoms with van der Waals surface area (Å²) in [4.78, 5) is 20.8. The number of nitrogens with one attached hydrogen (secondary N) is 1. The number of carbonyl (C=O) groups excluding carboxylic acids is 1. The first-order valence-corrected chi connectivity index (χ1v) is 8.43. The van der Waals surface area contributed by atoms with Gasteiger partial charge in [0, 0.05) is 18.0 Å². The normalized spacial score (nSPS) is 10.4. The maximum atomic E-state index is 12.1. The molecule has 2 heterocycles. The van der Waals surface area contributed by atoms with Crippen LogP contribution >= 0.6 is 11.3 Å². The second kappa shape index (κ2) is 7.70. The molecule has 0 aliphatic heterocycles. The highest BCUT2D eigenvalue weighted by molar-refractivity contribution is 7.14. The summed E-state index contributed by atoms with van der Waals surface area (Å²) in [6.45, 7) is 0. The molecule has 1 aromatic carbocycles. The van der Waals surface area contributed by atoms with Crippen molar-refractivity contribution in [2.24, 2.45) is 0 Å². The third-order valence-corrected chi connectivity index (χ3v) is 4.25. The zero-order valence-corrected chi connectivity index (χ0v) is 14.0. The number of thiazole rings is 1. The molecule has 0 spiro atoms. The molecule has 0 aliphatic carbocycles. The summed E-state index contributed by atoms with van der Waals surface area (Å²) >= 11 is 1.39. The Morgan fingerprint density at radius 1 is 1.17 bits per heavy atom. The van der Waals surface area contributed by atoms with Gasteiger partial charge in [0.25, 0.3) is 0 Å². The second-order valence-corrected chi connectivity index (χ2v) is 5.97. The third-order valence-electron chi connectivity index (χ3n) is 3.49. The monoisotopic (exact) mass is 339 g/mol. The number of benzene rings is 1. The molecule has 3 aromatic rings. The first-order chi connectivity index (χ1) is 11.8. The largest absolute Gasteiger partial charge is 0.496 e. The van der Waals surface area contributed by atoms with Crippen molar-refractivity contribution in [3.05, 3.63) is 59.6 Å². The Bertz CT molecular complexity index is 818. The molecule has 1 N–H and O–H groups in total. The van der Waals surface area contributed by atoms with Gasteiger partial charge in [-0.15, -0.1) is 11.3 Å². The number of rotatable bonds is 6. The summed E-state index contributed by atoms with van der Waals surface area (Å²) in [6, 6.07) is 13.4. The Morgan fingerprint density at radius 2 is 2.00 bits per heavy atom. The lowest BCUT2D eigenvalue weighted by Gasteiger charge is -2.07. The summed E-state index contributed by atoms with van der Waals surface area (Å²) < 4.78 is 5.30. The van der Waals surface area contributed by atoms with E-state index in [2.05, 4.69) is 15.3 Å². The van der Waals surface area contributed by atoms with Crippen LogP contribution in [-0.2, 0) is 11.2 Å². The molecule has 0 fully saturated rings. The highest BCUT2D eigenvalue weighted by Crippen LogP contribution is 2.24. The lowest BCUT2D eigenvalue weighted by molar-refractivity contribution is -0.116. The lowest BCUT2D eigenvalue weighted by Crippen LogP contribution is -2.12. The second-order valence-electron chi connectivity index (χ2n) is 5.11. The van der Waals surface area contributed by atoms with Gasteiger partial charge in [0.15, 0.2) is 5.13 Å². The van der Waals surface area contributed by atoms with Crippen LogP contribution in [0.15, 0.2) is 54.0 Å². The van der Waals surface area contributed by atoms with E-state index in [4.69, 9.17) is 4.74 Å². The minimum absolute atomic E-state index is 0.0668. The van der Waals surface area contributed by atoms with Gasteiger partial charge in [-0.2, -0.15) is 0 Å². The van der Waals surface area contributed by atoms with Crippen molar-refractivity contribution >= 4 is 22.4 Å². The number of aryl methyl sites for hydroxylation is 1. The van der Waals surface area contributed by atoms with E-state index >= 15 is 0 Å². The summed E-state index contributed by atoms with van der Waals surface area (Å²) in [7, 11) is 1.63. The minimum atomic E-state index is -0.0668. The molecular formula is C18H17N3O2S. The molecule has 0 atom stereocenters. The minimum Gasteiger partial charge on any atom is -0.496 e. The van der Waals surface area contributed by atoms with Crippen LogP contribution in [0, 0.1) is 0 Å². The molecule has 0 saturated carbocycles. The number of hydrogen-bond acceptors (Lipinski definition) is 5. The molecule has 5 nitrogen and oxygen atoms in total. The fourth-order valence-corrected chi connectivity index (χ4v) is 3.02. The smallest absolute Gasteiger partial charge is 0.226 e. The predicted octanol–water partition coefficient (Wildman–Crippen LogP) is 3.79. The first-order valence-electron chi connectivity index (χ1n) is 7.55. The van der Waals surface area contributed by atoms with Crippen molar-refractivity contribution in [3.8, 4) is 17.1 Å². The average Bonchev–Trinajstić information content (AvgIpc) is 3.09. The number of pyridine rings is 1. The number of amides is 1. The molecule has 0 saturated heterocycles. The van der Waals surface area contributed by atoms with E-state index < -0.39 is 0 Å². The summed E-state index contributed by atoms with van der Waals surface area (Å²) in [5, 5.41) is 5.31. The highest BCUT2D eigenvalue weighted by atomic mass is 32.1. The molecule has 6 heteroatoms. The highest BCUT2D eigenvalue weighted by Gasteiger charge is 2.10. The first kappa shape index (κ1) is 16.1. The van der Waals surface area contributed by atoms with Gasteiger partial charge in [0.05, 0.1) is 12.8 Å². The van der Waals surface area contributed by atoms with E-state index in [9.17, 15) is 4.79 Å². The zero-order valence-electron chi connectivity index (χ0n) is 13.2. The fraction of sp³-hybridized carbons (Fsp3) is 0.167. The maximum absolute atomic E-state index is 12.1. The van der Waals surface area contributed by atoms with Crippen LogP contribution < -0.4 is 10.1 Å². The number of anilines is 1. The average molecular weight is 339 g/mol. The molecule has 0 aliphatic rings. The number of methoxy groups -OCH3 is 1. The van der Waals surface area contributed by atoms with Crippen LogP contribution in [-0.4, -0.2) is 23.0 Å². The van der Waals surface area contributed by atoms with Gasteiger partial charge < -0.3 is 10.1 Å². The number of carbonyl (C=O) groups is 1. The van der Waals surface area contributed by atoms with Crippen LogP contribution in [0.25, 0.3) is 11.4 Å². The predicted molar refractivity (Wildman–Crippen MR) is 95.3 cm³/mol. The van der Waals surface area contributed by atoms with Crippen molar-refractivity contribution in [2.45, 2.75) is 12.8 Å². The summed E-state index contributed by atoms with van der Waals surface area (Å²) in [5.74, 6) is 0.736. The molecule has 2 aromatic heterocycles. The van der Waals surface area contributed by atoms with Crippen LogP contribution in [0.1, 0.15) is 12.0 Å². The van der Waals surface area contributed by atoms with Gasteiger partial charge in [-0.3, -0.25) is 9.78 Å². The maximum Gasteiger partial charge on any atom is 0.226 e. The van der Waals surface area contributed by atoms with Crippen LogP contribution in [0.4, 0.5) is 5.13 Å². The van der Waals surface area contributed by atoms with Gasteiger partial charge in [-0.05, 0) is 30.2 Å². The molecular weight excluding hydrogens is 322 g/mol. The van der Waals surface area contributed by atoms with Crippen molar-refractivity contribution in [1.82, 2.24) is 9.97 Å². The quantitative estimate of drug-likeness (QED) is 0.742. The Labute approximate surface area is 144 Å². The van der Waals surface area contributed by atoms with Gasteiger partial charge >= 0.3 is 0 Å². The Balaban J connectivity index is 1.58. The van der Waals surface area contributed by atoms with Crippen LogP contribution in [0.5, 0.6) is 5.75 Å². The van der Waals surface area contributed by atoms with E-state index in [1.165, 1.54) is 11.3 Å².